The molecule has 0 bridgehead atoms. The van der Waals surface area contributed by atoms with Crippen LogP contribution in [0, 0.1) is 6.92 Å². The average Bonchev–Trinajstić information content (AvgIpc) is 2.68. The molecule has 0 radical (unpaired) electrons. The lowest BCUT2D eigenvalue weighted by atomic mass is 10.1. The van der Waals surface area contributed by atoms with Gasteiger partial charge < -0.3 is 9.80 Å². The Morgan fingerprint density at radius 3 is 2.36 bits per heavy atom. The van der Waals surface area contributed by atoms with Gasteiger partial charge in [0.05, 0.1) is 16.1 Å². The summed E-state index contributed by atoms with van der Waals surface area (Å²) in [4.78, 5) is 9.31. The van der Waals surface area contributed by atoms with E-state index in [1.165, 1.54) is 6.20 Å². The molecule has 1 fully saturated rings. The number of halogens is 1. The first-order chi connectivity index (χ1) is 13.4. The number of hydrogen-bond donors (Lipinski definition) is 0. The van der Waals surface area contributed by atoms with E-state index in [2.05, 4.69) is 21.8 Å². The molecule has 3 aromatic rings. The van der Waals surface area contributed by atoms with E-state index in [-0.39, 0.29) is 9.79 Å². The number of benzene rings is 2. The third-order valence-electron chi connectivity index (χ3n) is 5.21. The first-order valence-electron chi connectivity index (χ1n) is 9.20. The number of rotatable bonds is 3. The molecular weight excluding hydrogens is 394 g/mol. The molecule has 0 amide bonds. The zero-order valence-electron chi connectivity index (χ0n) is 15.9. The number of aromatic nitrogens is 1. The molecule has 1 saturated heterocycles. The summed E-state index contributed by atoms with van der Waals surface area (Å²) in [6, 6.07) is 12.4. The predicted molar refractivity (Wildman–Crippen MR) is 113 cm³/mol. The Bertz CT molecular complexity index is 1120. The van der Waals surface area contributed by atoms with Gasteiger partial charge >= 0.3 is 0 Å². The molecule has 7 heteroatoms. The van der Waals surface area contributed by atoms with Gasteiger partial charge in [-0.2, -0.15) is 0 Å². The highest BCUT2D eigenvalue weighted by molar-refractivity contribution is 7.91. The van der Waals surface area contributed by atoms with Crippen molar-refractivity contribution in [3.8, 4) is 0 Å². The second-order valence-corrected chi connectivity index (χ2v) is 9.59. The van der Waals surface area contributed by atoms with Gasteiger partial charge in [0.1, 0.15) is 4.90 Å². The van der Waals surface area contributed by atoms with E-state index in [0.29, 0.717) is 10.7 Å². The Hall–Kier alpha value is -2.15. The fraction of sp³-hybridized carbons (Fsp3) is 0.286. The van der Waals surface area contributed by atoms with Gasteiger partial charge in [-0.3, -0.25) is 4.98 Å². The van der Waals surface area contributed by atoms with Gasteiger partial charge in [0.15, 0.2) is 0 Å². The number of hydrogen-bond acceptors (Lipinski definition) is 5. The number of likely N-dealkylation sites (N-methyl/N-ethyl adjacent to an activating group) is 1. The van der Waals surface area contributed by atoms with Crippen LogP contribution in [0.1, 0.15) is 5.56 Å². The van der Waals surface area contributed by atoms with Crippen LogP contribution in [-0.4, -0.2) is 51.5 Å². The van der Waals surface area contributed by atoms with Crippen molar-refractivity contribution in [3.63, 3.8) is 0 Å². The zero-order valence-corrected chi connectivity index (χ0v) is 17.5. The molecule has 0 unspecified atom stereocenters. The van der Waals surface area contributed by atoms with Crippen LogP contribution in [0.25, 0.3) is 10.9 Å². The van der Waals surface area contributed by atoms with Crippen molar-refractivity contribution >= 4 is 38.0 Å². The SMILES string of the molecule is Cc1ccc(S(=O)(=O)c2cnc3ccc(Cl)cc3c2N2CCN(C)CC2)cc1. The fourth-order valence-electron chi connectivity index (χ4n) is 3.53. The van der Waals surface area contributed by atoms with E-state index >= 15 is 0 Å². The van der Waals surface area contributed by atoms with Crippen molar-refractivity contribution in [3.05, 3.63) is 59.2 Å². The highest BCUT2D eigenvalue weighted by Crippen LogP contribution is 2.37. The molecule has 0 aliphatic carbocycles. The minimum absolute atomic E-state index is 0.232. The van der Waals surface area contributed by atoms with Gasteiger partial charge in [-0.25, -0.2) is 8.42 Å². The lowest BCUT2D eigenvalue weighted by Crippen LogP contribution is -2.45. The molecule has 2 aromatic carbocycles. The molecule has 0 atom stereocenters. The smallest absolute Gasteiger partial charge is 0.210 e. The van der Waals surface area contributed by atoms with Crippen LogP contribution < -0.4 is 4.90 Å². The van der Waals surface area contributed by atoms with Gasteiger partial charge in [-0.15, -0.1) is 0 Å². The molecule has 28 heavy (non-hydrogen) atoms. The summed E-state index contributed by atoms with van der Waals surface area (Å²) in [5, 5.41) is 1.33. The van der Waals surface area contributed by atoms with Gasteiger partial charge in [0.25, 0.3) is 0 Å². The monoisotopic (exact) mass is 415 g/mol. The third kappa shape index (κ3) is 3.48. The van der Waals surface area contributed by atoms with Gasteiger partial charge in [0, 0.05) is 42.8 Å². The number of pyridine rings is 1. The van der Waals surface area contributed by atoms with E-state index in [1.54, 1.807) is 18.2 Å². The molecule has 2 heterocycles. The largest absolute Gasteiger partial charge is 0.367 e. The summed E-state index contributed by atoms with van der Waals surface area (Å²) in [6.45, 7) is 5.17. The van der Waals surface area contributed by atoms with Crippen molar-refractivity contribution < 1.29 is 8.42 Å². The van der Waals surface area contributed by atoms with Crippen molar-refractivity contribution in [2.75, 3.05) is 38.1 Å². The van der Waals surface area contributed by atoms with Crippen LogP contribution in [0.5, 0.6) is 0 Å². The van der Waals surface area contributed by atoms with Crippen LogP contribution in [0.4, 0.5) is 5.69 Å². The molecule has 5 nitrogen and oxygen atoms in total. The lowest BCUT2D eigenvalue weighted by molar-refractivity contribution is 0.312. The highest BCUT2D eigenvalue weighted by Gasteiger charge is 2.28. The number of anilines is 1. The summed E-state index contributed by atoms with van der Waals surface area (Å²) in [5.74, 6) is 0. The minimum atomic E-state index is -3.71. The Kier molecular flexibility index (Phi) is 5.04. The van der Waals surface area contributed by atoms with Gasteiger partial charge in [-0.05, 0) is 44.3 Å². The topological polar surface area (TPSA) is 53.5 Å². The summed E-state index contributed by atoms with van der Waals surface area (Å²) in [7, 11) is -1.64. The van der Waals surface area contributed by atoms with Crippen molar-refractivity contribution in [1.82, 2.24) is 9.88 Å². The maximum atomic E-state index is 13.5. The normalized spacial score (nSPS) is 15.9. The molecule has 4 rings (SSSR count). The Morgan fingerprint density at radius 2 is 1.68 bits per heavy atom. The van der Waals surface area contributed by atoms with Crippen molar-refractivity contribution in [1.29, 1.82) is 0 Å². The molecule has 1 aromatic heterocycles. The first kappa shape index (κ1) is 19.2. The summed E-state index contributed by atoms with van der Waals surface area (Å²) < 4.78 is 27.0. The molecule has 1 aliphatic rings. The number of nitrogens with zero attached hydrogens (tertiary/aromatic N) is 3. The van der Waals surface area contributed by atoms with Gasteiger partial charge in [-0.1, -0.05) is 29.3 Å². The molecular formula is C21H22ClN3O2S. The predicted octanol–water partition coefficient (Wildman–Crippen LogP) is 3.78. The Labute approximate surface area is 170 Å². The first-order valence-corrected chi connectivity index (χ1v) is 11.1. The number of piperazine rings is 1. The molecule has 0 N–H and O–H groups in total. The molecule has 146 valence electrons. The third-order valence-corrected chi connectivity index (χ3v) is 7.21. The standard InChI is InChI=1S/C21H22ClN3O2S/c1-15-3-6-17(7-4-15)28(26,27)20-14-23-19-8-5-16(22)13-18(19)21(20)25-11-9-24(2)10-12-25/h3-8,13-14H,9-12H2,1-2H3. The van der Waals surface area contributed by atoms with E-state index < -0.39 is 9.84 Å². The molecule has 1 aliphatic heterocycles. The van der Waals surface area contributed by atoms with Gasteiger partial charge in [0.2, 0.25) is 9.84 Å². The van der Waals surface area contributed by atoms with Crippen LogP contribution in [0.15, 0.2) is 58.5 Å². The Balaban J connectivity index is 1.95. The van der Waals surface area contributed by atoms with E-state index in [1.807, 2.05) is 31.2 Å². The summed E-state index contributed by atoms with van der Waals surface area (Å²) in [6.07, 6.45) is 1.49. The van der Waals surface area contributed by atoms with Crippen LogP contribution in [-0.2, 0) is 9.84 Å². The maximum Gasteiger partial charge on any atom is 0.210 e. The number of fused-ring (bicyclic) bond motifs is 1. The number of aryl methyl sites for hydroxylation is 1. The maximum absolute atomic E-state index is 13.5. The van der Waals surface area contributed by atoms with E-state index in [0.717, 1.165) is 42.6 Å². The van der Waals surface area contributed by atoms with Crippen molar-refractivity contribution in [2.45, 2.75) is 16.7 Å². The second kappa shape index (κ2) is 7.35. The minimum Gasteiger partial charge on any atom is -0.367 e. The fourth-order valence-corrected chi connectivity index (χ4v) is 5.14. The Morgan fingerprint density at radius 1 is 1.00 bits per heavy atom. The van der Waals surface area contributed by atoms with Crippen LogP contribution in [0.3, 0.4) is 0 Å². The molecule has 0 spiro atoms. The van der Waals surface area contributed by atoms with Crippen LogP contribution >= 0.6 is 11.6 Å². The lowest BCUT2D eigenvalue weighted by Gasteiger charge is -2.35. The summed E-state index contributed by atoms with van der Waals surface area (Å²) in [5.41, 5.74) is 2.45. The number of sulfone groups is 1. The van der Waals surface area contributed by atoms with E-state index in [9.17, 15) is 8.42 Å². The van der Waals surface area contributed by atoms with Crippen molar-refractivity contribution in [2.24, 2.45) is 0 Å². The van der Waals surface area contributed by atoms with Crippen LogP contribution in [0.2, 0.25) is 5.02 Å². The second-order valence-electron chi connectivity index (χ2n) is 7.24. The molecule has 0 saturated carbocycles. The quantitative estimate of drug-likeness (QED) is 0.651. The average molecular weight is 416 g/mol. The highest BCUT2D eigenvalue weighted by atomic mass is 35.5. The summed E-state index contributed by atoms with van der Waals surface area (Å²) >= 11 is 6.25. The zero-order chi connectivity index (χ0) is 19.9. The van der Waals surface area contributed by atoms with E-state index in [4.69, 9.17) is 11.6 Å².